The van der Waals surface area contributed by atoms with Gasteiger partial charge in [-0.3, -0.25) is 4.79 Å². The van der Waals surface area contributed by atoms with E-state index in [9.17, 15) is 9.90 Å². The number of hydrogen-bond donors (Lipinski definition) is 1. The maximum Gasteiger partial charge on any atom is 0.222 e. The molecule has 1 aromatic carbocycles. The highest BCUT2D eigenvalue weighted by atomic mass is 32.1. The summed E-state index contributed by atoms with van der Waals surface area (Å²) in [5, 5.41) is 11.4. The molecule has 0 spiro atoms. The molecule has 1 N–H and O–H groups in total. The number of fused-ring (bicyclic) bond motifs is 1. The summed E-state index contributed by atoms with van der Waals surface area (Å²) in [6.07, 6.45) is 4.85. The number of thiazole rings is 1. The van der Waals surface area contributed by atoms with Gasteiger partial charge in [0, 0.05) is 26.4 Å². The molecule has 5 heteroatoms. The molecule has 3 rings (SSSR count). The van der Waals surface area contributed by atoms with Crippen molar-refractivity contribution in [3.8, 4) is 0 Å². The van der Waals surface area contributed by atoms with Gasteiger partial charge in [-0.2, -0.15) is 0 Å². The van der Waals surface area contributed by atoms with Crippen LogP contribution in [0.25, 0.3) is 10.2 Å². The topological polar surface area (TPSA) is 53.4 Å². The van der Waals surface area contributed by atoms with Crippen molar-refractivity contribution in [2.45, 2.75) is 44.1 Å². The van der Waals surface area contributed by atoms with Crippen LogP contribution in [0.2, 0.25) is 0 Å². The summed E-state index contributed by atoms with van der Waals surface area (Å²) < 4.78 is 1.17. The van der Waals surface area contributed by atoms with Crippen molar-refractivity contribution in [1.29, 1.82) is 0 Å². The average molecular weight is 318 g/mol. The number of carbonyl (C=O) groups is 1. The van der Waals surface area contributed by atoms with E-state index < -0.39 is 5.60 Å². The van der Waals surface area contributed by atoms with Crippen molar-refractivity contribution in [3.05, 3.63) is 29.3 Å². The van der Waals surface area contributed by atoms with Crippen LogP contribution in [-0.2, 0) is 11.2 Å². The zero-order valence-corrected chi connectivity index (χ0v) is 13.7. The summed E-state index contributed by atoms with van der Waals surface area (Å²) in [6, 6.07) is 8.04. The summed E-state index contributed by atoms with van der Waals surface area (Å²) >= 11 is 1.65. The van der Waals surface area contributed by atoms with Crippen LogP contribution < -0.4 is 0 Å². The normalized spacial score (nSPS) is 17.0. The Bertz CT molecular complexity index is 628. The van der Waals surface area contributed by atoms with E-state index in [1.807, 2.05) is 18.2 Å². The predicted octanol–water partition coefficient (Wildman–Crippen LogP) is 2.99. The maximum absolute atomic E-state index is 12.3. The summed E-state index contributed by atoms with van der Waals surface area (Å²) in [4.78, 5) is 18.5. The lowest BCUT2D eigenvalue weighted by Crippen LogP contribution is -2.42. The monoisotopic (exact) mass is 318 g/mol. The second-order valence-corrected chi connectivity index (χ2v) is 7.37. The molecule has 1 heterocycles. The van der Waals surface area contributed by atoms with E-state index in [2.05, 4.69) is 11.1 Å². The van der Waals surface area contributed by atoms with Crippen LogP contribution in [0.4, 0.5) is 0 Å². The number of aliphatic hydroxyl groups is 1. The van der Waals surface area contributed by atoms with Crippen LogP contribution >= 0.6 is 11.3 Å². The molecule has 1 aliphatic carbocycles. The van der Waals surface area contributed by atoms with Gasteiger partial charge in [-0.15, -0.1) is 11.3 Å². The number of nitrogens with zero attached hydrogens (tertiary/aromatic N) is 2. The van der Waals surface area contributed by atoms with Gasteiger partial charge in [0.25, 0.3) is 0 Å². The number of para-hydroxylation sites is 1. The van der Waals surface area contributed by atoms with Crippen molar-refractivity contribution in [2.24, 2.45) is 0 Å². The third kappa shape index (κ3) is 3.47. The van der Waals surface area contributed by atoms with Gasteiger partial charge in [-0.1, -0.05) is 25.0 Å². The molecule has 0 aliphatic heterocycles. The first-order valence-corrected chi connectivity index (χ1v) is 8.68. The molecule has 0 radical (unpaired) electrons. The lowest BCUT2D eigenvalue weighted by Gasteiger charge is -2.28. The molecular formula is C17H22N2O2S. The molecule has 0 unspecified atom stereocenters. The molecule has 1 aromatic heterocycles. The molecule has 0 atom stereocenters. The Morgan fingerprint density at radius 2 is 2.09 bits per heavy atom. The minimum Gasteiger partial charge on any atom is -0.388 e. The fraction of sp³-hybridized carbons (Fsp3) is 0.529. The first-order chi connectivity index (χ1) is 10.6. The molecular weight excluding hydrogens is 296 g/mol. The average Bonchev–Trinajstić information content (AvgIpc) is 3.10. The highest BCUT2D eigenvalue weighted by Gasteiger charge is 2.33. The molecule has 0 bridgehead atoms. The Kier molecular flexibility index (Phi) is 4.45. The van der Waals surface area contributed by atoms with E-state index in [1.54, 1.807) is 23.3 Å². The Morgan fingerprint density at radius 1 is 1.36 bits per heavy atom. The van der Waals surface area contributed by atoms with E-state index in [-0.39, 0.29) is 5.91 Å². The highest BCUT2D eigenvalue weighted by Crippen LogP contribution is 2.30. The van der Waals surface area contributed by atoms with Gasteiger partial charge < -0.3 is 10.0 Å². The highest BCUT2D eigenvalue weighted by molar-refractivity contribution is 7.18. The number of benzene rings is 1. The number of carbonyl (C=O) groups excluding carboxylic acids is 1. The summed E-state index contributed by atoms with van der Waals surface area (Å²) in [5.74, 6) is 0.0829. The smallest absolute Gasteiger partial charge is 0.222 e. The summed E-state index contributed by atoms with van der Waals surface area (Å²) in [5.41, 5.74) is 0.337. The fourth-order valence-corrected chi connectivity index (χ4v) is 4.12. The summed E-state index contributed by atoms with van der Waals surface area (Å²) in [7, 11) is 1.79. The third-order valence-electron chi connectivity index (χ3n) is 4.38. The second kappa shape index (κ2) is 6.34. The number of hydrogen-bond acceptors (Lipinski definition) is 4. The van der Waals surface area contributed by atoms with Crippen molar-refractivity contribution >= 4 is 27.5 Å². The van der Waals surface area contributed by atoms with Crippen LogP contribution in [0.1, 0.15) is 37.1 Å². The number of amides is 1. The maximum atomic E-state index is 12.3. The Hall–Kier alpha value is -1.46. The third-order valence-corrected chi connectivity index (χ3v) is 5.48. The Balaban J connectivity index is 1.55. The SMILES string of the molecule is CN(CC1(O)CCCC1)C(=O)CCc1nc2ccccc2s1. The van der Waals surface area contributed by atoms with E-state index >= 15 is 0 Å². The first kappa shape index (κ1) is 15.4. The van der Waals surface area contributed by atoms with Gasteiger partial charge in [-0.05, 0) is 25.0 Å². The molecule has 1 amide bonds. The number of likely N-dealkylation sites (N-methyl/N-ethyl adjacent to an activating group) is 1. The van der Waals surface area contributed by atoms with E-state index in [1.165, 1.54) is 4.70 Å². The molecule has 1 saturated carbocycles. The number of aromatic nitrogens is 1. The van der Waals surface area contributed by atoms with Gasteiger partial charge >= 0.3 is 0 Å². The van der Waals surface area contributed by atoms with Crippen molar-refractivity contribution in [1.82, 2.24) is 9.88 Å². The van der Waals surface area contributed by atoms with Crippen LogP contribution in [0.5, 0.6) is 0 Å². The van der Waals surface area contributed by atoms with Crippen LogP contribution in [0.3, 0.4) is 0 Å². The molecule has 0 saturated heterocycles. The molecule has 2 aromatic rings. The van der Waals surface area contributed by atoms with Gasteiger partial charge in [0.1, 0.15) is 0 Å². The first-order valence-electron chi connectivity index (χ1n) is 7.87. The van der Waals surface area contributed by atoms with Gasteiger partial charge in [0.2, 0.25) is 5.91 Å². The minimum absolute atomic E-state index is 0.0829. The van der Waals surface area contributed by atoms with E-state index in [0.717, 1.165) is 36.2 Å². The van der Waals surface area contributed by atoms with Crippen molar-refractivity contribution in [2.75, 3.05) is 13.6 Å². The number of rotatable bonds is 5. The second-order valence-electron chi connectivity index (χ2n) is 6.26. The Morgan fingerprint density at radius 3 is 2.82 bits per heavy atom. The van der Waals surface area contributed by atoms with Crippen LogP contribution in [-0.4, -0.2) is 40.1 Å². The molecule has 1 aliphatic rings. The van der Waals surface area contributed by atoms with Crippen LogP contribution in [0.15, 0.2) is 24.3 Å². The standard InChI is InChI=1S/C17H22N2O2S/c1-19(12-17(21)10-4-5-11-17)16(20)9-8-15-18-13-6-2-3-7-14(13)22-15/h2-3,6-7,21H,4-5,8-12H2,1H3. The van der Waals surface area contributed by atoms with Gasteiger partial charge in [0.05, 0.1) is 20.8 Å². The van der Waals surface area contributed by atoms with E-state index in [4.69, 9.17) is 0 Å². The summed E-state index contributed by atoms with van der Waals surface area (Å²) in [6.45, 7) is 0.450. The van der Waals surface area contributed by atoms with Gasteiger partial charge in [0.15, 0.2) is 0 Å². The lowest BCUT2D eigenvalue weighted by molar-refractivity contribution is -0.133. The minimum atomic E-state index is -0.666. The quantitative estimate of drug-likeness (QED) is 0.922. The van der Waals surface area contributed by atoms with Gasteiger partial charge in [-0.25, -0.2) is 4.98 Å². The molecule has 118 valence electrons. The lowest BCUT2D eigenvalue weighted by atomic mass is 10.0. The Labute approximate surface area is 134 Å². The van der Waals surface area contributed by atoms with Crippen LogP contribution in [0, 0.1) is 0 Å². The largest absolute Gasteiger partial charge is 0.388 e. The van der Waals surface area contributed by atoms with Crippen molar-refractivity contribution in [3.63, 3.8) is 0 Å². The zero-order chi connectivity index (χ0) is 15.6. The zero-order valence-electron chi connectivity index (χ0n) is 12.9. The molecule has 4 nitrogen and oxygen atoms in total. The fourth-order valence-electron chi connectivity index (χ4n) is 3.15. The molecule has 22 heavy (non-hydrogen) atoms. The van der Waals surface area contributed by atoms with Crippen molar-refractivity contribution < 1.29 is 9.90 Å². The number of aryl methyl sites for hydroxylation is 1. The predicted molar refractivity (Wildman–Crippen MR) is 89.0 cm³/mol. The van der Waals surface area contributed by atoms with E-state index in [0.29, 0.717) is 19.4 Å². The molecule has 1 fully saturated rings.